The maximum Gasteiger partial charge on any atom is 0.408 e. The molecular weight excluding hydrogens is 612 g/mol. The smallest absolute Gasteiger partial charge is 0.408 e. The number of carbonyl (C=O) groups is 4. The van der Waals surface area contributed by atoms with Gasteiger partial charge in [0.25, 0.3) is 0 Å². The van der Waals surface area contributed by atoms with Gasteiger partial charge in [0.1, 0.15) is 24.7 Å². The Morgan fingerprint density at radius 1 is 0.792 bits per heavy atom. The van der Waals surface area contributed by atoms with Crippen molar-refractivity contribution in [1.82, 2.24) is 31.2 Å². The van der Waals surface area contributed by atoms with Gasteiger partial charge in [-0.15, -0.1) is 0 Å². The van der Waals surface area contributed by atoms with Crippen LogP contribution in [0.1, 0.15) is 44.0 Å². The molecule has 0 aliphatic rings. The van der Waals surface area contributed by atoms with Gasteiger partial charge in [0, 0.05) is 24.7 Å². The van der Waals surface area contributed by atoms with Crippen LogP contribution >= 0.6 is 0 Å². The van der Waals surface area contributed by atoms with E-state index >= 15 is 0 Å². The number of aliphatic hydroxyl groups is 1. The van der Waals surface area contributed by atoms with E-state index in [9.17, 15) is 24.3 Å². The van der Waals surface area contributed by atoms with Crippen LogP contribution in [0.15, 0.2) is 85.3 Å². The Balaban J connectivity index is 1.47. The third kappa shape index (κ3) is 10.7. The van der Waals surface area contributed by atoms with Gasteiger partial charge in [0.2, 0.25) is 17.7 Å². The standard InChI is InChI=1S/C36H44N6O6/c1-23(2)16-29(20-43)40-35(46)32(18-28-19-37-22-38-28)41-33(44)24(3)39-34(45)31(42-36(47)48-21-25-10-5-4-6-11-25)17-27-14-9-13-26-12-7-8-15-30(26)27/h4-15,19,22-24,29,31-32,43H,16-18,20-21H2,1-3H3,(H,37,38)(H,39,45)(H,40,46)(H,41,44)(H,42,47)/t24-,29-,31-,32-/m0/s1. The lowest BCUT2D eigenvalue weighted by Gasteiger charge is -2.25. The number of H-pyrrole nitrogens is 1. The number of rotatable bonds is 16. The van der Waals surface area contributed by atoms with E-state index < -0.39 is 48.0 Å². The van der Waals surface area contributed by atoms with Crippen molar-refractivity contribution in [2.75, 3.05) is 6.61 Å². The minimum Gasteiger partial charge on any atom is -0.445 e. The highest BCUT2D eigenvalue weighted by atomic mass is 16.5. The van der Waals surface area contributed by atoms with Crippen molar-refractivity contribution >= 4 is 34.6 Å². The summed E-state index contributed by atoms with van der Waals surface area (Å²) in [6, 6.07) is 18.9. The Morgan fingerprint density at radius 2 is 1.48 bits per heavy atom. The molecule has 1 aromatic heterocycles. The van der Waals surface area contributed by atoms with E-state index in [-0.39, 0.29) is 32.0 Å². The summed E-state index contributed by atoms with van der Waals surface area (Å²) in [5, 5.41) is 22.6. The average Bonchev–Trinajstić information content (AvgIpc) is 3.60. The molecule has 12 heteroatoms. The molecule has 4 amide bonds. The predicted molar refractivity (Wildman–Crippen MR) is 182 cm³/mol. The summed E-state index contributed by atoms with van der Waals surface area (Å²) >= 11 is 0. The number of hydrogen-bond donors (Lipinski definition) is 6. The number of hydrogen-bond acceptors (Lipinski definition) is 7. The molecule has 4 atom stereocenters. The van der Waals surface area contributed by atoms with Crippen LogP contribution in [0.25, 0.3) is 10.8 Å². The molecule has 6 N–H and O–H groups in total. The maximum absolute atomic E-state index is 13.7. The number of benzene rings is 3. The van der Waals surface area contributed by atoms with E-state index in [2.05, 4.69) is 31.2 Å². The minimum absolute atomic E-state index is 0.0161. The van der Waals surface area contributed by atoms with Crippen molar-refractivity contribution in [1.29, 1.82) is 0 Å². The molecule has 0 saturated heterocycles. The zero-order valence-corrected chi connectivity index (χ0v) is 27.4. The highest BCUT2D eigenvalue weighted by molar-refractivity contribution is 5.94. The van der Waals surface area contributed by atoms with Crippen LogP contribution in [-0.2, 0) is 38.6 Å². The van der Waals surface area contributed by atoms with Crippen LogP contribution in [0, 0.1) is 5.92 Å². The topological polar surface area (TPSA) is 175 Å². The number of amides is 4. The van der Waals surface area contributed by atoms with Gasteiger partial charge in [-0.2, -0.15) is 0 Å². The van der Waals surface area contributed by atoms with Crippen molar-refractivity contribution in [3.05, 3.63) is 102 Å². The highest BCUT2D eigenvalue weighted by Gasteiger charge is 2.29. The molecule has 48 heavy (non-hydrogen) atoms. The third-order valence-corrected chi connectivity index (χ3v) is 7.81. The van der Waals surface area contributed by atoms with Crippen LogP contribution in [0.4, 0.5) is 4.79 Å². The van der Waals surface area contributed by atoms with Crippen LogP contribution in [-0.4, -0.2) is 69.7 Å². The Morgan fingerprint density at radius 3 is 2.19 bits per heavy atom. The average molecular weight is 657 g/mol. The Labute approximate surface area is 280 Å². The predicted octanol–water partition coefficient (Wildman–Crippen LogP) is 3.16. The Bertz CT molecular complexity index is 1640. The summed E-state index contributed by atoms with van der Waals surface area (Å²) in [4.78, 5) is 60.2. The third-order valence-electron chi connectivity index (χ3n) is 7.81. The molecule has 3 aromatic carbocycles. The van der Waals surface area contributed by atoms with Crippen LogP contribution in [0.2, 0.25) is 0 Å². The second-order valence-corrected chi connectivity index (χ2v) is 12.2. The molecule has 254 valence electrons. The first-order valence-electron chi connectivity index (χ1n) is 16.1. The van der Waals surface area contributed by atoms with Gasteiger partial charge in [-0.3, -0.25) is 14.4 Å². The number of fused-ring (bicyclic) bond motifs is 1. The van der Waals surface area contributed by atoms with Crippen molar-refractivity contribution in [2.24, 2.45) is 5.92 Å². The van der Waals surface area contributed by atoms with Crippen molar-refractivity contribution in [3.8, 4) is 0 Å². The van der Waals surface area contributed by atoms with Crippen molar-refractivity contribution < 1.29 is 29.0 Å². The lowest BCUT2D eigenvalue weighted by molar-refractivity contribution is -0.132. The summed E-state index contributed by atoms with van der Waals surface area (Å²) in [6.45, 7) is 5.22. The van der Waals surface area contributed by atoms with Gasteiger partial charge in [-0.05, 0) is 41.2 Å². The van der Waals surface area contributed by atoms with Crippen LogP contribution in [0.3, 0.4) is 0 Å². The summed E-state index contributed by atoms with van der Waals surface area (Å²) < 4.78 is 5.40. The summed E-state index contributed by atoms with van der Waals surface area (Å²) in [7, 11) is 0. The molecule has 0 fully saturated rings. The zero-order chi connectivity index (χ0) is 34.5. The van der Waals surface area contributed by atoms with Crippen molar-refractivity contribution in [3.63, 3.8) is 0 Å². The van der Waals surface area contributed by atoms with Gasteiger partial charge >= 0.3 is 6.09 Å². The Kier molecular flexibility index (Phi) is 13.1. The Hall–Kier alpha value is -5.23. The van der Waals surface area contributed by atoms with Gasteiger partial charge in [0.15, 0.2) is 0 Å². The number of aromatic amines is 1. The number of aliphatic hydroxyl groups excluding tert-OH is 1. The van der Waals surface area contributed by atoms with E-state index in [1.54, 1.807) is 6.20 Å². The fourth-order valence-electron chi connectivity index (χ4n) is 5.36. The van der Waals surface area contributed by atoms with E-state index in [0.717, 1.165) is 21.9 Å². The first kappa shape index (κ1) is 35.6. The number of imidazole rings is 1. The maximum atomic E-state index is 13.7. The fraction of sp³-hybridized carbons (Fsp3) is 0.361. The highest BCUT2D eigenvalue weighted by Crippen LogP contribution is 2.20. The molecule has 0 unspecified atom stereocenters. The fourth-order valence-corrected chi connectivity index (χ4v) is 5.36. The van der Waals surface area contributed by atoms with Crippen molar-refractivity contribution in [2.45, 2.75) is 70.8 Å². The molecule has 0 bridgehead atoms. The number of alkyl carbamates (subject to hydrolysis) is 1. The number of ether oxygens (including phenoxy) is 1. The molecule has 0 saturated carbocycles. The number of carbonyl (C=O) groups excluding carboxylic acids is 4. The molecule has 1 heterocycles. The largest absolute Gasteiger partial charge is 0.445 e. The van der Waals surface area contributed by atoms with Crippen LogP contribution in [0.5, 0.6) is 0 Å². The second kappa shape index (κ2) is 17.6. The summed E-state index contributed by atoms with van der Waals surface area (Å²) in [6.07, 6.45) is 3.03. The first-order chi connectivity index (χ1) is 23.1. The normalized spacial score (nSPS) is 13.6. The number of nitrogens with one attached hydrogen (secondary N) is 5. The van der Waals surface area contributed by atoms with E-state index in [0.29, 0.717) is 12.1 Å². The lowest BCUT2D eigenvalue weighted by Crippen LogP contribution is -2.57. The van der Waals surface area contributed by atoms with Gasteiger partial charge in [0.05, 0.1) is 19.0 Å². The second-order valence-electron chi connectivity index (χ2n) is 12.2. The van der Waals surface area contributed by atoms with Gasteiger partial charge < -0.3 is 36.1 Å². The molecule has 4 aromatic rings. The quantitative estimate of drug-likeness (QED) is 0.107. The molecular formula is C36H44N6O6. The molecule has 12 nitrogen and oxygen atoms in total. The van der Waals surface area contributed by atoms with E-state index in [1.807, 2.05) is 86.6 Å². The first-order valence-corrected chi connectivity index (χ1v) is 16.1. The summed E-state index contributed by atoms with van der Waals surface area (Å²) in [5.74, 6) is -1.46. The molecule has 0 aliphatic heterocycles. The van der Waals surface area contributed by atoms with Crippen LogP contribution < -0.4 is 21.3 Å². The SMILES string of the molecule is CC(C)C[C@@H](CO)NC(=O)[C@H](Cc1cnc[nH]1)NC(=O)[C@H](C)NC(=O)[C@H](Cc1cccc2ccccc12)NC(=O)OCc1ccccc1. The zero-order valence-electron chi connectivity index (χ0n) is 27.4. The molecule has 0 radical (unpaired) electrons. The minimum atomic E-state index is -1.08. The summed E-state index contributed by atoms with van der Waals surface area (Å²) in [5.41, 5.74) is 2.23. The van der Waals surface area contributed by atoms with Gasteiger partial charge in [-0.25, -0.2) is 9.78 Å². The van der Waals surface area contributed by atoms with E-state index in [1.165, 1.54) is 13.3 Å². The van der Waals surface area contributed by atoms with E-state index in [4.69, 9.17) is 4.74 Å². The monoisotopic (exact) mass is 656 g/mol. The lowest BCUT2D eigenvalue weighted by atomic mass is 9.98. The molecule has 0 aliphatic carbocycles. The van der Waals surface area contributed by atoms with Gasteiger partial charge in [-0.1, -0.05) is 86.6 Å². The molecule has 0 spiro atoms. The molecule has 4 rings (SSSR count). The number of nitrogens with zero attached hydrogens (tertiary/aromatic N) is 1. The number of aromatic nitrogens is 2.